The zero-order valence-electron chi connectivity index (χ0n) is 9.36. The molecule has 1 atom stereocenters. The van der Waals surface area contributed by atoms with E-state index in [9.17, 15) is 4.79 Å². The molecule has 0 aromatic heterocycles. The van der Waals surface area contributed by atoms with Gasteiger partial charge in [-0.3, -0.25) is 4.79 Å². The first-order chi connectivity index (χ1) is 7.60. The number of hydrogen-bond acceptors (Lipinski definition) is 4. The van der Waals surface area contributed by atoms with Crippen LogP contribution in [0.4, 0.5) is 5.69 Å². The van der Waals surface area contributed by atoms with E-state index >= 15 is 0 Å². The molecule has 0 saturated heterocycles. The summed E-state index contributed by atoms with van der Waals surface area (Å²) in [5, 5.41) is 8.82. The summed E-state index contributed by atoms with van der Waals surface area (Å²) < 4.78 is 4.91. The number of nitriles is 1. The summed E-state index contributed by atoms with van der Waals surface area (Å²) in [5.41, 5.74) is 7.14. The van der Waals surface area contributed by atoms with E-state index < -0.39 is 0 Å². The van der Waals surface area contributed by atoms with Crippen LogP contribution in [-0.2, 0) is 9.53 Å². The summed E-state index contributed by atoms with van der Waals surface area (Å²) in [5.74, 6) is -0.677. The van der Waals surface area contributed by atoms with E-state index in [2.05, 4.69) is 0 Å². The summed E-state index contributed by atoms with van der Waals surface area (Å²) in [4.78, 5) is 11.5. The van der Waals surface area contributed by atoms with E-state index in [1.807, 2.05) is 6.07 Å². The van der Waals surface area contributed by atoms with E-state index in [4.69, 9.17) is 15.7 Å². The van der Waals surface area contributed by atoms with Crippen LogP contribution in [-0.4, -0.2) is 12.6 Å². The Bertz CT molecular complexity index is 435. The molecule has 0 aliphatic rings. The highest BCUT2D eigenvalue weighted by atomic mass is 16.5. The lowest BCUT2D eigenvalue weighted by atomic mass is 9.98. The molecule has 0 fully saturated rings. The van der Waals surface area contributed by atoms with Gasteiger partial charge in [0.05, 0.1) is 18.1 Å². The van der Waals surface area contributed by atoms with Gasteiger partial charge in [0.1, 0.15) is 6.07 Å². The predicted octanol–water partition coefficient (Wildman–Crippen LogP) is 1.81. The molecule has 0 heterocycles. The maximum atomic E-state index is 11.5. The van der Waals surface area contributed by atoms with Gasteiger partial charge in [0.15, 0.2) is 0 Å². The highest BCUT2D eigenvalue weighted by molar-refractivity contribution is 5.78. The Morgan fingerprint density at radius 1 is 1.62 bits per heavy atom. The number of benzene rings is 1. The number of ether oxygens (including phenoxy) is 1. The van der Waals surface area contributed by atoms with Crippen LogP contribution in [0.2, 0.25) is 0 Å². The van der Waals surface area contributed by atoms with Crippen molar-refractivity contribution in [2.75, 3.05) is 12.3 Å². The number of anilines is 1. The lowest BCUT2D eigenvalue weighted by molar-refractivity contribution is -0.144. The number of rotatable bonds is 3. The summed E-state index contributed by atoms with van der Waals surface area (Å²) in [6.07, 6.45) is 0. The van der Waals surface area contributed by atoms with E-state index in [0.29, 0.717) is 17.9 Å². The SMILES string of the molecule is CCOC(=O)C(C)c1ccc(N)c(C#N)c1. The van der Waals surface area contributed by atoms with Gasteiger partial charge >= 0.3 is 5.97 Å². The molecule has 1 rings (SSSR count). The summed E-state index contributed by atoms with van der Waals surface area (Å²) in [6, 6.07) is 6.97. The summed E-state index contributed by atoms with van der Waals surface area (Å²) >= 11 is 0. The van der Waals surface area contributed by atoms with Crippen molar-refractivity contribution in [3.05, 3.63) is 29.3 Å². The zero-order chi connectivity index (χ0) is 12.1. The zero-order valence-corrected chi connectivity index (χ0v) is 9.36. The Morgan fingerprint density at radius 2 is 2.31 bits per heavy atom. The second-order valence-electron chi connectivity index (χ2n) is 3.43. The largest absolute Gasteiger partial charge is 0.466 e. The molecule has 0 amide bonds. The van der Waals surface area contributed by atoms with Crippen LogP contribution in [0.25, 0.3) is 0 Å². The Morgan fingerprint density at radius 3 is 2.88 bits per heavy atom. The summed E-state index contributed by atoms with van der Waals surface area (Å²) in [6.45, 7) is 3.85. The number of nitrogens with two attached hydrogens (primary N) is 1. The smallest absolute Gasteiger partial charge is 0.313 e. The fraction of sp³-hybridized carbons (Fsp3) is 0.333. The topological polar surface area (TPSA) is 76.1 Å². The molecule has 2 N–H and O–H groups in total. The first kappa shape index (κ1) is 12.1. The number of nitrogens with zero attached hydrogens (tertiary/aromatic N) is 1. The molecule has 0 saturated carbocycles. The van der Waals surface area contributed by atoms with Crippen LogP contribution >= 0.6 is 0 Å². The second kappa shape index (κ2) is 5.17. The van der Waals surface area contributed by atoms with Gasteiger partial charge in [0.2, 0.25) is 0 Å². The molecule has 16 heavy (non-hydrogen) atoms. The van der Waals surface area contributed by atoms with Gasteiger partial charge in [-0.15, -0.1) is 0 Å². The van der Waals surface area contributed by atoms with Crippen molar-refractivity contribution in [3.63, 3.8) is 0 Å². The third-order valence-corrected chi connectivity index (χ3v) is 2.34. The van der Waals surface area contributed by atoms with Gasteiger partial charge in [-0.05, 0) is 31.5 Å². The van der Waals surface area contributed by atoms with Crippen molar-refractivity contribution < 1.29 is 9.53 Å². The number of carbonyl (C=O) groups excluding carboxylic acids is 1. The molecular formula is C12H14N2O2. The van der Waals surface area contributed by atoms with Gasteiger partial charge in [-0.2, -0.15) is 5.26 Å². The number of nitrogen functional groups attached to an aromatic ring is 1. The molecule has 1 unspecified atom stereocenters. The van der Waals surface area contributed by atoms with Crippen LogP contribution in [0.3, 0.4) is 0 Å². The highest BCUT2D eigenvalue weighted by Gasteiger charge is 2.17. The maximum Gasteiger partial charge on any atom is 0.313 e. The average Bonchev–Trinajstić information content (AvgIpc) is 2.29. The normalized spacial score (nSPS) is 11.6. The van der Waals surface area contributed by atoms with Gasteiger partial charge in [0, 0.05) is 5.69 Å². The molecule has 4 nitrogen and oxygen atoms in total. The Labute approximate surface area is 94.6 Å². The van der Waals surface area contributed by atoms with E-state index in [1.54, 1.807) is 32.0 Å². The molecule has 84 valence electrons. The maximum absolute atomic E-state index is 11.5. The molecule has 1 aromatic rings. The molecule has 1 aromatic carbocycles. The lowest BCUT2D eigenvalue weighted by Crippen LogP contribution is -2.13. The molecule has 4 heteroatoms. The van der Waals surface area contributed by atoms with Crippen molar-refractivity contribution in [1.82, 2.24) is 0 Å². The minimum absolute atomic E-state index is 0.295. The van der Waals surface area contributed by atoms with Gasteiger partial charge in [0.25, 0.3) is 0 Å². The quantitative estimate of drug-likeness (QED) is 0.620. The van der Waals surface area contributed by atoms with Gasteiger partial charge in [-0.1, -0.05) is 6.07 Å². The Balaban J connectivity index is 2.97. The molecular weight excluding hydrogens is 204 g/mol. The van der Waals surface area contributed by atoms with Gasteiger partial charge < -0.3 is 10.5 Å². The monoisotopic (exact) mass is 218 g/mol. The highest BCUT2D eigenvalue weighted by Crippen LogP contribution is 2.21. The van der Waals surface area contributed by atoms with E-state index in [-0.39, 0.29) is 11.9 Å². The van der Waals surface area contributed by atoms with Crippen LogP contribution in [0, 0.1) is 11.3 Å². The second-order valence-corrected chi connectivity index (χ2v) is 3.43. The number of esters is 1. The fourth-order valence-electron chi connectivity index (χ4n) is 1.34. The minimum atomic E-state index is -0.382. The molecule has 0 bridgehead atoms. The Kier molecular flexibility index (Phi) is 3.90. The number of hydrogen-bond donors (Lipinski definition) is 1. The predicted molar refractivity (Wildman–Crippen MR) is 60.6 cm³/mol. The number of carbonyl (C=O) groups is 1. The van der Waals surface area contributed by atoms with Crippen molar-refractivity contribution >= 4 is 11.7 Å². The first-order valence-corrected chi connectivity index (χ1v) is 5.06. The van der Waals surface area contributed by atoms with E-state index in [0.717, 1.165) is 5.56 Å². The van der Waals surface area contributed by atoms with Crippen LogP contribution < -0.4 is 5.73 Å². The van der Waals surface area contributed by atoms with Crippen molar-refractivity contribution in [3.8, 4) is 6.07 Å². The molecule has 0 spiro atoms. The van der Waals surface area contributed by atoms with E-state index in [1.165, 1.54) is 0 Å². The fourth-order valence-corrected chi connectivity index (χ4v) is 1.34. The Hall–Kier alpha value is -2.02. The van der Waals surface area contributed by atoms with Crippen molar-refractivity contribution in [1.29, 1.82) is 5.26 Å². The molecule has 0 aliphatic heterocycles. The van der Waals surface area contributed by atoms with Crippen LogP contribution in [0.5, 0.6) is 0 Å². The third-order valence-electron chi connectivity index (χ3n) is 2.34. The molecule has 0 radical (unpaired) electrons. The summed E-state index contributed by atoms with van der Waals surface area (Å²) in [7, 11) is 0. The molecule has 0 aliphatic carbocycles. The van der Waals surface area contributed by atoms with Gasteiger partial charge in [-0.25, -0.2) is 0 Å². The van der Waals surface area contributed by atoms with Crippen molar-refractivity contribution in [2.24, 2.45) is 0 Å². The lowest BCUT2D eigenvalue weighted by Gasteiger charge is -2.11. The van der Waals surface area contributed by atoms with Crippen LogP contribution in [0.15, 0.2) is 18.2 Å². The minimum Gasteiger partial charge on any atom is -0.466 e. The first-order valence-electron chi connectivity index (χ1n) is 5.06. The van der Waals surface area contributed by atoms with Crippen molar-refractivity contribution in [2.45, 2.75) is 19.8 Å². The average molecular weight is 218 g/mol. The third kappa shape index (κ3) is 2.51. The standard InChI is InChI=1S/C12H14N2O2/c1-3-16-12(15)8(2)9-4-5-11(14)10(6-9)7-13/h4-6,8H,3,14H2,1-2H3. The van der Waals surface area contributed by atoms with Crippen LogP contribution in [0.1, 0.15) is 30.9 Å².